The third-order valence-corrected chi connectivity index (χ3v) is 7.46. The quantitative estimate of drug-likeness (QED) is 0.461. The monoisotopic (exact) mass is 467 g/mol. The SMILES string of the molecule is Cn1nc2ccc(-c3n[nH]c4nc(N5[C@@H]6CC[C@H]5CC(N)C6)nc(C#N)c34)c(Cl)c2c1Cl. The Balaban J connectivity index is 1.51. The average molecular weight is 468 g/mol. The number of fused-ring (bicyclic) bond motifs is 4. The van der Waals surface area contributed by atoms with Crippen LogP contribution in [0.3, 0.4) is 0 Å². The van der Waals surface area contributed by atoms with Gasteiger partial charge in [0.1, 0.15) is 16.9 Å². The van der Waals surface area contributed by atoms with Crippen molar-refractivity contribution in [1.29, 1.82) is 5.26 Å². The first-order valence-corrected chi connectivity index (χ1v) is 11.2. The summed E-state index contributed by atoms with van der Waals surface area (Å²) in [4.78, 5) is 11.6. The minimum Gasteiger partial charge on any atom is -0.335 e. The molecule has 2 bridgehead atoms. The zero-order valence-electron chi connectivity index (χ0n) is 17.2. The fourth-order valence-corrected chi connectivity index (χ4v) is 5.87. The second-order valence-electron chi connectivity index (χ2n) is 8.54. The maximum Gasteiger partial charge on any atom is 0.229 e. The molecule has 2 aliphatic rings. The molecule has 6 rings (SSSR count). The molecule has 0 spiro atoms. The normalized spacial score (nSPS) is 22.7. The van der Waals surface area contributed by atoms with Crippen LogP contribution in [0.5, 0.6) is 0 Å². The number of hydrogen-bond donors (Lipinski definition) is 2. The number of rotatable bonds is 2. The number of nitrogens with one attached hydrogen (secondary N) is 1. The van der Waals surface area contributed by atoms with E-state index in [9.17, 15) is 5.26 Å². The molecule has 162 valence electrons. The van der Waals surface area contributed by atoms with Crippen molar-refractivity contribution in [3.63, 3.8) is 0 Å². The summed E-state index contributed by atoms with van der Waals surface area (Å²) in [6.45, 7) is 0. The van der Waals surface area contributed by atoms with Crippen LogP contribution in [0.15, 0.2) is 12.1 Å². The number of nitriles is 1. The molecule has 0 saturated carbocycles. The molecule has 9 nitrogen and oxygen atoms in total. The number of hydrogen-bond acceptors (Lipinski definition) is 7. The first-order chi connectivity index (χ1) is 15.5. The van der Waals surface area contributed by atoms with Crippen molar-refractivity contribution in [3.05, 3.63) is 28.0 Å². The van der Waals surface area contributed by atoms with Gasteiger partial charge in [-0.05, 0) is 37.8 Å². The molecule has 32 heavy (non-hydrogen) atoms. The number of H-pyrrole nitrogens is 1. The van der Waals surface area contributed by atoms with Gasteiger partial charge < -0.3 is 10.6 Å². The van der Waals surface area contributed by atoms with Crippen molar-refractivity contribution in [2.24, 2.45) is 12.8 Å². The smallest absolute Gasteiger partial charge is 0.229 e. The summed E-state index contributed by atoms with van der Waals surface area (Å²) in [5.74, 6) is 0.556. The molecule has 0 aliphatic carbocycles. The van der Waals surface area contributed by atoms with Crippen LogP contribution in [0.4, 0.5) is 5.95 Å². The van der Waals surface area contributed by atoms with Crippen LogP contribution in [0.2, 0.25) is 10.2 Å². The van der Waals surface area contributed by atoms with E-state index in [1.807, 2.05) is 12.1 Å². The van der Waals surface area contributed by atoms with Crippen LogP contribution in [-0.4, -0.2) is 48.1 Å². The fraction of sp³-hybridized carbons (Fsp3) is 0.381. The Bertz CT molecular complexity index is 1420. The average Bonchev–Trinajstić information content (AvgIpc) is 3.40. The molecule has 1 aromatic carbocycles. The summed E-state index contributed by atoms with van der Waals surface area (Å²) in [6.07, 6.45) is 3.96. The first-order valence-electron chi connectivity index (χ1n) is 10.5. The number of halogens is 2. The Morgan fingerprint density at radius 1 is 1.16 bits per heavy atom. The summed E-state index contributed by atoms with van der Waals surface area (Å²) in [7, 11) is 1.76. The highest BCUT2D eigenvalue weighted by atomic mass is 35.5. The number of anilines is 1. The summed E-state index contributed by atoms with van der Waals surface area (Å²) < 4.78 is 1.57. The van der Waals surface area contributed by atoms with Gasteiger partial charge in [-0.15, -0.1) is 0 Å². The van der Waals surface area contributed by atoms with Crippen molar-refractivity contribution >= 4 is 51.1 Å². The van der Waals surface area contributed by atoms with Crippen molar-refractivity contribution in [2.75, 3.05) is 4.90 Å². The van der Waals surface area contributed by atoms with Crippen LogP contribution in [0.25, 0.3) is 33.2 Å². The van der Waals surface area contributed by atoms with E-state index in [-0.39, 0.29) is 11.7 Å². The van der Waals surface area contributed by atoms with E-state index < -0.39 is 0 Å². The third kappa shape index (κ3) is 2.73. The molecule has 2 aliphatic heterocycles. The lowest BCUT2D eigenvalue weighted by Gasteiger charge is -2.37. The zero-order valence-corrected chi connectivity index (χ0v) is 18.7. The molecule has 3 aromatic heterocycles. The van der Waals surface area contributed by atoms with E-state index in [1.165, 1.54) is 0 Å². The van der Waals surface area contributed by atoms with Crippen LogP contribution < -0.4 is 10.6 Å². The second kappa shape index (κ2) is 7.04. The third-order valence-electron chi connectivity index (χ3n) is 6.64. The number of aryl methyl sites for hydroxylation is 1. The highest BCUT2D eigenvalue weighted by molar-refractivity contribution is 6.43. The van der Waals surface area contributed by atoms with Gasteiger partial charge >= 0.3 is 0 Å². The molecule has 5 heterocycles. The number of piperidine rings is 1. The minimum absolute atomic E-state index is 0.207. The van der Waals surface area contributed by atoms with E-state index in [0.717, 1.165) is 25.7 Å². The first kappa shape index (κ1) is 19.7. The van der Waals surface area contributed by atoms with Crippen LogP contribution in [-0.2, 0) is 7.05 Å². The zero-order chi connectivity index (χ0) is 22.1. The van der Waals surface area contributed by atoms with Crippen LogP contribution in [0.1, 0.15) is 31.4 Å². The van der Waals surface area contributed by atoms with Crippen molar-refractivity contribution in [1.82, 2.24) is 29.9 Å². The standard InChI is InChI=1S/C21H19Cl2N9/c1-31-19(23)15-13(30-31)5-4-12(17(15)22)18-16-14(8-24)26-21(27-20(16)29-28-18)32-10-2-3-11(32)7-9(25)6-10/h4-5,9-11H,2-3,6-7,25H2,1H3,(H,26,27,28,29)/t9?,10-,11+. The fourth-order valence-electron chi connectivity index (χ4n) is 5.25. The maximum absolute atomic E-state index is 9.94. The molecule has 3 N–H and O–H groups in total. The van der Waals surface area contributed by atoms with Gasteiger partial charge in [-0.2, -0.15) is 20.4 Å². The van der Waals surface area contributed by atoms with Gasteiger partial charge in [-0.3, -0.25) is 9.78 Å². The van der Waals surface area contributed by atoms with E-state index in [2.05, 4.69) is 31.2 Å². The highest BCUT2D eigenvalue weighted by Gasteiger charge is 2.41. The van der Waals surface area contributed by atoms with Gasteiger partial charge in [-0.25, -0.2) is 4.98 Å². The predicted molar refractivity (Wildman–Crippen MR) is 123 cm³/mol. The second-order valence-corrected chi connectivity index (χ2v) is 9.28. The lowest BCUT2D eigenvalue weighted by atomic mass is 9.98. The van der Waals surface area contributed by atoms with E-state index in [4.69, 9.17) is 33.9 Å². The van der Waals surface area contributed by atoms with Crippen molar-refractivity contribution in [2.45, 2.75) is 43.8 Å². The van der Waals surface area contributed by atoms with Crippen molar-refractivity contribution < 1.29 is 0 Å². The number of aromatic nitrogens is 6. The van der Waals surface area contributed by atoms with Crippen molar-refractivity contribution in [3.8, 4) is 17.3 Å². The van der Waals surface area contributed by atoms with Gasteiger partial charge in [0.05, 0.1) is 21.3 Å². The molecule has 1 unspecified atom stereocenters. The van der Waals surface area contributed by atoms with E-state index in [0.29, 0.717) is 61.4 Å². The summed E-state index contributed by atoms with van der Waals surface area (Å²) in [6, 6.07) is 6.70. The number of nitrogens with zero attached hydrogens (tertiary/aromatic N) is 7. The largest absolute Gasteiger partial charge is 0.335 e. The lowest BCUT2D eigenvalue weighted by molar-refractivity contribution is 0.409. The van der Waals surface area contributed by atoms with E-state index in [1.54, 1.807) is 11.7 Å². The number of benzene rings is 1. The predicted octanol–water partition coefficient (Wildman–Crippen LogP) is 3.54. The molecule has 4 aromatic rings. The molecule has 11 heteroatoms. The Labute approximate surface area is 193 Å². The number of aromatic amines is 1. The molecular weight excluding hydrogens is 449 g/mol. The number of nitrogens with two attached hydrogens (primary N) is 1. The van der Waals surface area contributed by atoms with E-state index >= 15 is 0 Å². The summed E-state index contributed by atoms with van der Waals surface area (Å²) in [5, 5.41) is 23.8. The van der Waals surface area contributed by atoms with Gasteiger partial charge in [0.2, 0.25) is 5.95 Å². The minimum atomic E-state index is 0.207. The van der Waals surface area contributed by atoms with Crippen LogP contribution >= 0.6 is 23.2 Å². The molecule has 3 atom stereocenters. The van der Waals surface area contributed by atoms with Gasteiger partial charge in [0.25, 0.3) is 0 Å². The summed E-state index contributed by atoms with van der Waals surface area (Å²) >= 11 is 13.1. The lowest BCUT2D eigenvalue weighted by Crippen LogP contribution is -2.48. The Kier molecular flexibility index (Phi) is 4.34. The molecule has 0 radical (unpaired) electrons. The topological polar surface area (TPSA) is 125 Å². The van der Waals surface area contributed by atoms with Crippen LogP contribution in [0, 0.1) is 11.3 Å². The summed E-state index contributed by atoms with van der Waals surface area (Å²) in [5.41, 5.74) is 8.81. The molecule has 2 saturated heterocycles. The molecular formula is C21H19Cl2N9. The van der Waals surface area contributed by atoms with Gasteiger partial charge in [0.15, 0.2) is 11.3 Å². The van der Waals surface area contributed by atoms with Gasteiger partial charge in [-0.1, -0.05) is 23.2 Å². The maximum atomic E-state index is 9.94. The molecule has 2 fully saturated rings. The Morgan fingerprint density at radius 2 is 1.91 bits per heavy atom. The Morgan fingerprint density at radius 3 is 2.62 bits per heavy atom. The van der Waals surface area contributed by atoms with Gasteiger partial charge in [0, 0.05) is 30.7 Å². The Hall–Kier alpha value is -2.93. The highest BCUT2D eigenvalue weighted by Crippen LogP contribution is 2.41. The molecule has 0 amide bonds.